The molecule has 5 rings (SSSR count). The van der Waals surface area contributed by atoms with Gasteiger partial charge in [0.15, 0.2) is 5.78 Å². The Labute approximate surface area is 198 Å². The largest absolute Gasteiger partial charge is 0.357 e. The third-order valence-corrected chi connectivity index (χ3v) is 6.68. The first-order chi connectivity index (χ1) is 15.9. The molecule has 0 fully saturated rings. The smallest absolute Gasteiger partial charge is 0.259 e. The minimum Gasteiger partial charge on any atom is -0.357 e. The molecule has 1 aliphatic heterocycles. The number of nitrogens with zero attached hydrogens (tertiary/aromatic N) is 1. The summed E-state index contributed by atoms with van der Waals surface area (Å²) in [6.45, 7) is 4.20. The van der Waals surface area contributed by atoms with Crippen molar-refractivity contribution in [1.82, 2.24) is 0 Å². The summed E-state index contributed by atoms with van der Waals surface area (Å²) in [6, 6.07) is 23.7. The maximum Gasteiger partial charge on any atom is 0.259 e. The normalized spacial score (nSPS) is 19.3. The number of ketones is 1. The lowest BCUT2D eigenvalue weighted by Crippen LogP contribution is -2.39. The summed E-state index contributed by atoms with van der Waals surface area (Å²) in [4.78, 5) is 29.4. The highest BCUT2D eigenvalue weighted by Gasteiger charge is 2.43. The Kier molecular flexibility index (Phi) is 5.34. The number of halogens is 1. The minimum absolute atomic E-state index is 0.0392. The van der Waals surface area contributed by atoms with E-state index >= 15 is 0 Å². The molecule has 4 nitrogen and oxygen atoms in total. The minimum atomic E-state index is -0.638. The van der Waals surface area contributed by atoms with Crippen LogP contribution in [0.25, 0.3) is 0 Å². The lowest BCUT2D eigenvalue weighted by atomic mass is 9.73. The van der Waals surface area contributed by atoms with E-state index in [0.717, 1.165) is 22.6 Å². The lowest BCUT2D eigenvalue weighted by molar-refractivity contribution is -0.118. The van der Waals surface area contributed by atoms with Gasteiger partial charge in [0.25, 0.3) is 5.91 Å². The Morgan fingerprint density at radius 1 is 0.939 bits per heavy atom. The molecule has 2 aliphatic rings. The molecule has 1 unspecified atom stereocenters. The standard InChI is InChI=1S/C28H25ClN2O2/c1-28(2)16-22-25(24(32)17-28)26(19-12-6-7-13-20(19)29)31(23-15-9-8-14-21(23)30-22)27(33)18-10-4-3-5-11-18/h3-15,26,30H,16-17H2,1-2H3. The van der Waals surface area contributed by atoms with Crippen molar-refractivity contribution in [3.8, 4) is 0 Å². The number of allylic oxidation sites excluding steroid dienone is 1. The molecule has 1 heterocycles. The first kappa shape index (κ1) is 21.5. The summed E-state index contributed by atoms with van der Waals surface area (Å²) < 4.78 is 0. The summed E-state index contributed by atoms with van der Waals surface area (Å²) in [5.41, 5.74) is 4.10. The zero-order valence-electron chi connectivity index (χ0n) is 18.6. The van der Waals surface area contributed by atoms with Gasteiger partial charge in [0, 0.05) is 28.3 Å². The van der Waals surface area contributed by atoms with Crippen LogP contribution in [0, 0.1) is 5.41 Å². The number of carbonyl (C=O) groups is 2. The van der Waals surface area contributed by atoms with E-state index in [4.69, 9.17) is 11.6 Å². The van der Waals surface area contributed by atoms with Crippen molar-refractivity contribution in [3.05, 3.63) is 106 Å². The number of hydrogen-bond donors (Lipinski definition) is 1. The molecule has 0 saturated heterocycles. The molecule has 0 saturated carbocycles. The van der Waals surface area contributed by atoms with Crippen LogP contribution in [0.1, 0.15) is 48.7 Å². The first-order valence-corrected chi connectivity index (χ1v) is 11.5. The number of Topliss-reactive ketones (excluding diaryl/α,β-unsaturated/α-hetero) is 1. The molecule has 0 aromatic heterocycles. The summed E-state index contributed by atoms with van der Waals surface area (Å²) in [6.07, 6.45) is 1.12. The van der Waals surface area contributed by atoms with Crippen LogP contribution in [0.5, 0.6) is 0 Å². The lowest BCUT2D eigenvalue weighted by Gasteiger charge is -2.37. The monoisotopic (exact) mass is 456 g/mol. The SMILES string of the molecule is CC1(C)CC(=O)C2=C(C1)Nc1ccccc1N(C(=O)c1ccccc1)C2c1ccccc1Cl. The fourth-order valence-electron chi connectivity index (χ4n) is 4.92. The van der Waals surface area contributed by atoms with Crippen molar-refractivity contribution in [3.63, 3.8) is 0 Å². The fourth-order valence-corrected chi connectivity index (χ4v) is 5.16. The molecule has 0 bridgehead atoms. The molecule has 166 valence electrons. The van der Waals surface area contributed by atoms with Crippen molar-refractivity contribution >= 4 is 34.7 Å². The van der Waals surface area contributed by atoms with E-state index in [1.54, 1.807) is 17.0 Å². The van der Waals surface area contributed by atoms with E-state index in [2.05, 4.69) is 19.2 Å². The van der Waals surface area contributed by atoms with E-state index < -0.39 is 6.04 Å². The second-order valence-corrected chi connectivity index (χ2v) is 9.85. The van der Waals surface area contributed by atoms with Crippen LogP contribution in [-0.2, 0) is 4.79 Å². The molecule has 3 aromatic carbocycles. The van der Waals surface area contributed by atoms with Crippen molar-refractivity contribution in [2.45, 2.75) is 32.7 Å². The van der Waals surface area contributed by atoms with Crippen LogP contribution in [0.2, 0.25) is 5.02 Å². The van der Waals surface area contributed by atoms with Crippen molar-refractivity contribution in [2.75, 3.05) is 10.2 Å². The average molecular weight is 457 g/mol. The molecule has 3 aromatic rings. The van der Waals surface area contributed by atoms with Gasteiger partial charge in [-0.2, -0.15) is 0 Å². The maximum atomic E-state index is 14.0. The number of para-hydroxylation sites is 2. The number of amides is 1. The van der Waals surface area contributed by atoms with Gasteiger partial charge < -0.3 is 5.32 Å². The third-order valence-electron chi connectivity index (χ3n) is 6.34. The van der Waals surface area contributed by atoms with Crippen LogP contribution >= 0.6 is 11.6 Å². The van der Waals surface area contributed by atoms with Gasteiger partial charge >= 0.3 is 0 Å². The Bertz CT molecular complexity index is 1280. The zero-order valence-corrected chi connectivity index (χ0v) is 19.4. The predicted molar refractivity (Wildman–Crippen MR) is 133 cm³/mol. The fraction of sp³-hybridized carbons (Fsp3) is 0.214. The molecule has 1 amide bonds. The summed E-state index contributed by atoms with van der Waals surface area (Å²) in [5, 5.41) is 4.05. The van der Waals surface area contributed by atoms with Crippen LogP contribution < -0.4 is 10.2 Å². The highest BCUT2D eigenvalue weighted by atomic mass is 35.5. The first-order valence-electron chi connectivity index (χ1n) is 11.1. The van der Waals surface area contributed by atoms with Gasteiger partial charge in [0.05, 0.1) is 17.4 Å². The predicted octanol–water partition coefficient (Wildman–Crippen LogP) is 6.80. The molecular weight excluding hydrogens is 432 g/mol. The van der Waals surface area contributed by atoms with E-state index in [1.165, 1.54) is 0 Å². The van der Waals surface area contributed by atoms with Crippen LogP contribution in [0.4, 0.5) is 11.4 Å². The number of rotatable bonds is 2. The van der Waals surface area contributed by atoms with Crippen LogP contribution in [0.3, 0.4) is 0 Å². The molecule has 1 N–H and O–H groups in total. The van der Waals surface area contributed by atoms with E-state index in [0.29, 0.717) is 29.0 Å². The van der Waals surface area contributed by atoms with Crippen molar-refractivity contribution in [2.24, 2.45) is 5.41 Å². The number of carbonyl (C=O) groups excluding carboxylic acids is 2. The Morgan fingerprint density at radius 2 is 1.61 bits per heavy atom. The number of hydrogen-bond acceptors (Lipinski definition) is 3. The Balaban J connectivity index is 1.82. The topological polar surface area (TPSA) is 49.4 Å². The molecule has 0 radical (unpaired) electrons. The van der Waals surface area contributed by atoms with Gasteiger partial charge in [-0.3, -0.25) is 14.5 Å². The highest BCUT2D eigenvalue weighted by molar-refractivity contribution is 6.31. The van der Waals surface area contributed by atoms with Gasteiger partial charge in [0.1, 0.15) is 0 Å². The zero-order chi connectivity index (χ0) is 23.2. The summed E-state index contributed by atoms with van der Waals surface area (Å²) in [7, 11) is 0. The van der Waals surface area contributed by atoms with Gasteiger partial charge in [-0.25, -0.2) is 0 Å². The van der Waals surface area contributed by atoms with Gasteiger partial charge in [-0.05, 0) is 47.7 Å². The molecule has 33 heavy (non-hydrogen) atoms. The van der Waals surface area contributed by atoms with Crippen molar-refractivity contribution in [1.29, 1.82) is 0 Å². The molecule has 1 atom stereocenters. The van der Waals surface area contributed by atoms with Crippen LogP contribution in [0.15, 0.2) is 90.1 Å². The Hall–Kier alpha value is -3.37. The Morgan fingerprint density at radius 3 is 2.36 bits per heavy atom. The molecule has 5 heteroatoms. The summed E-state index contributed by atoms with van der Waals surface area (Å²) in [5.74, 6) is -0.140. The number of anilines is 2. The highest BCUT2D eigenvalue weighted by Crippen LogP contribution is 2.49. The van der Waals surface area contributed by atoms with Crippen LogP contribution in [-0.4, -0.2) is 11.7 Å². The number of benzene rings is 3. The molecule has 0 spiro atoms. The average Bonchev–Trinajstić information content (AvgIpc) is 2.93. The number of nitrogens with one attached hydrogen (secondary N) is 1. The summed E-state index contributed by atoms with van der Waals surface area (Å²) >= 11 is 6.70. The quantitative estimate of drug-likeness (QED) is 0.461. The van der Waals surface area contributed by atoms with E-state index in [-0.39, 0.29) is 17.1 Å². The van der Waals surface area contributed by atoms with Gasteiger partial charge in [-0.1, -0.05) is 74.0 Å². The second kappa shape index (κ2) is 8.20. The van der Waals surface area contributed by atoms with Gasteiger partial charge in [-0.15, -0.1) is 0 Å². The van der Waals surface area contributed by atoms with E-state index in [9.17, 15) is 9.59 Å². The molecular formula is C28H25ClN2O2. The third kappa shape index (κ3) is 3.85. The maximum absolute atomic E-state index is 14.0. The van der Waals surface area contributed by atoms with E-state index in [1.807, 2.05) is 66.7 Å². The van der Waals surface area contributed by atoms with Crippen molar-refractivity contribution < 1.29 is 9.59 Å². The number of fused-ring (bicyclic) bond motifs is 1. The second-order valence-electron chi connectivity index (χ2n) is 9.44. The molecule has 1 aliphatic carbocycles. The van der Waals surface area contributed by atoms with Gasteiger partial charge in [0.2, 0.25) is 0 Å².